The maximum Gasteiger partial charge on any atom is 0.153 e. The minimum atomic E-state index is 0.598. The van der Waals surface area contributed by atoms with Crippen LogP contribution in [0.4, 0.5) is 0 Å². The average molecular weight is 223 g/mol. The predicted molar refractivity (Wildman–Crippen MR) is 64.3 cm³/mol. The largest absolute Gasteiger partial charge is 0.342 e. The highest BCUT2D eigenvalue weighted by Crippen LogP contribution is 2.25. The van der Waals surface area contributed by atoms with Gasteiger partial charge < -0.3 is 4.57 Å². The van der Waals surface area contributed by atoms with Gasteiger partial charge in [-0.25, -0.2) is 4.98 Å². The van der Waals surface area contributed by atoms with Crippen LogP contribution in [0.15, 0.2) is 18.3 Å². The van der Waals surface area contributed by atoms with Gasteiger partial charge in [0.15, 0.2) is 5.15 Å². The number of halogens is 1. The van der Waals surface area contributed by atoms with E-state index in [4.69, 9.17) is 11.6 Å². The third-order valence-corrected chi connectivity index (χ3v) is 2.80. The second kappa shape index (κ2) is 3.86. The summed E-state index contributed by atoms with van der Waals surface area (Å²) in [7, 11) is 0. The van der Waals surface area contributed by atoms with Crippen molar-refractivity contribution in [3.8, 4) is 0 Å². The number of rotatable bonds is 2. The molecule has 80 valence electrons. The van der Waals surface area contributed by atoms with E-state index in [1.54, 1.807) is 6.20 Å². The average Bonchev–Trinajstić information content (AvgIpc) is 2.43. The summed E-state index contributed by atoms with van der Waals surface area (Å²) >= 11 is 6.13. The molecular weight excluding hydrogens is 208 g/mol. The van der Waals surface area contributed by atoms with Crippen LogP contribution < -0.4 is 0 Å². The van der Waals surface area contributed by atoms with E-state index in [9.17, 15) is 0 Å². The molecule has 0 radical (unpaired) electrons. The molecule has 0 fully saturated rings. The maximum absolute atomic E-state index is 6.13. The lowest BCUT2D eigenvalue weighted by atomic mass is 10.2. The topological polar surface area (TPSA) is 17.8 Å². The molecule has 0 saturated carbocycles. The van der Waals surface area contributed by atoms with Crippen molar-refractivity contribution in [1.82, 2.24) is 9.55 Å². The Kier molecular flexibility index (Phi) is 2.70. The lowest BCUT2D eigenvalue weighted by molar-refractivity contribution is 0.527. The summed E-state index contributed by atoms with van der Waals surface area (Å²) in [5, 5.41) is 1.77. The van der Waals surface area contributed by atoms with Gasteiger partial charge in [0.2, 0.25) is 0 Å². The van der Waals surface area contributed by atoms with Crippen LogP contribution in [0, 0.1) is 12.8 Å². The summed E-state index contributed by atoms with van der Waals surface area (Å²) in [4.78, 5) is 4.13. The van der Waals surface area contributed by atoms with Crippen LogP contribution >= 0.6 is 11.6 Å². The third-order valence-electron chi connectivity index (χ3n) is 2.52. The maximum atomic E-state index is 6.13. The molecule has 0 bridgehead atoms. The summed E-state index contributed by atoms with van der Waals surface area (Å²) in [6.45, 7) is 7.50. The van der Waals surface area contributed by atoms with Gasteiger partial charge >= 0.3 is 0 Å². The van der Waals surface area contributed by atoms with Crippen LogP contribution in [0.1, 0.15) is 19.5 Å². The molecule has 0 unspecified atom stereocenters. The molecule has 0 aliphatic rings. The van der Waals surface area contributed by atoms with Crippen LogP contribution in [0.25, 0.3) is 10.9 Å². The van der Waals surface area contributed by atoms with Crippen LogP contribution in [0.5, 0.6) is 0 Å². The SMILES string of the molecule is Cc1cc2ccnc(Cl)c2n1CC(C)C. The van der Waals surface area contributed by atoms with Crippen LogP contribution in [-0.2, 0) is 6.54 Å². The smallest absolute Gasteiger partial charge is 0.153 e. The number of hydrogen-bond acceptors (Lipinski definition) is 1. The molecule has 2 nitrogen and oxygen atoms in total. The van der Waals surface area contributed by atoms with Crippen molar-refractivity contribution in [2.24, 2.45) is 5.92 Å². The van der Waals surface area contributed by atoms with E-state index in [-0.39, 0.29) is 0 Å². The molecule has 0 spiro atoms. The number of aromatic nitrogens is 2. The highest BCUT2D eigenvalue weighted by molar-refractivity contribution is 6.33. The van der Waals surface area contributed by atoms with E-state index in [1.807, 2.05) is 6.07 Å². The van der Waals surface area contributed by atoms with Gasteiger partial charge in [-0.3, -0.25) is 0 Å². The summed E-state index contributed by atoms with van der Waals surface area (Å²) in [6, 6.07) is 4.16. The quantitative estimate of drug-likeness (QED) is 0.710. The predicted octanol–water partition coefficient (Wildman–Crippen LogP) is 3.65. The Hall–Kier alpha value is -1.02. The monoisotopic (exact) mass is 222 g/mol. The van der Waals surface area contributed by atoms with Crippen LogP contribution in [0.3, 0.4) is 0 Å². The zero-order chi connectivity index (χ0) is 11.0. The van der Waals surface area contributed by atoms with Gasteiger partial charge in [0, 0.05) is 23.8 Å². The molecule has 0 N–H and O–H groups in total. The van der Waals surface area contributed by atoms with Crippen molar-refractivity contribution in [1.29, 1.82) is 0 Å². The van der Waals surface area contributed by atoms with Crippen molar-refractivity contribution in [2.45, 2.75) is 27.3 Å². The first-order valence-corrected chi connectivity index (χ1v) is 5.57. The van der Waals surface area contributed by atoms with E-state index in [1.165, 1.54) is 11.1 Å². The van der Waals surface area contributed by atoms with Crippen molar-refractivity contribution in [3.63, 3.8) is 0 Å². The fraction of sp³-hybridized carbons (Fsp3) is 0.417. The number of aryl methyl sites for hydroxylation is 1. The summed E-state index contributed by atoms with van der Waals surface area (Å²) < 4.78 is 2.25. The van der Waals surface area contributed by atoms with Crippen molar-refractivity contribution >= 4 is 22.5 Å². The van der Waals surface area contributed by atoms with Gasteiger partial charge in [0.05, 0.1) is 5.52 Å². The fourth-order valence-electron chi connectivity index (χ4n) is 1.91. The van der Waals surface area contributed by atoms with Gasteiger partial charge in [-0.1, -0.05) is 25.4 Å². The zero-order valence-corrected chi connectivity index (χ0v) is 10.0. The zero-order valence-electron chi connectivity index (χ0n) is 9.29. The Bertz CT molecular complexity index is 486. The van der Waals surface area contributed by atoms with E-state index < -0.39 is 0 Å². The van der Waals surface area contributed by atoms with Gasteiger partial charge in [-0.2, -0.15) is 0 Å². The number of fused-ring (bicyclic) bond motifs is 1. The Morgan fingerprint density at radius 2 is 2.20 bits per heavy atom. The summed E-state index contributed by atoms with van der Waals surface area (Å²) in [6.07, 6.45) is 1.75. The molecule has 2 aromatic rings. The molecule has 0 aromatic carbocycles. The number of hydrogen-bond donors (Lipinski definition) is 0. The Balaban J connectivity index is 2.65. The fourth-order valence-corrected chi connectivity index (χ4v) is 2.17. The minimum absolute atomic E-state index is 0.598. The first-order valence-electron chi connectivity index (χ1n) is 5.20. The van der Waals surface area contributed by atoms with E-state index in [2.05, 4.69) is 36.4 Å². The second-order valence-corrected chi connectivity index (χ2v) is 4.69. The van der Waals surface area contributed by atoms with Crippen LogP contribution in [0.2, 0.25) is 5.15 Å². The Labute approximate surface area is 94.9 Å². The molecule has 0 aliphatic carbocycles. The third kappa shape index (κ3) is 1.86. The van der Waals surface area contributed by atoms with E-state index in [0.29, 0.717) is 11.1 Å². The van der Waals surface area contributed by atoms with Crippen LogP contribution in [-0.4, -0.2) is 9.55 Å². The normalized spacial score (nSPS) is 11.5. The van der Waals surface area contributed by atoms with Crippen molar-refractivity contribution < 1.29 is 0 Å². The van der Waals surface area contributed by atoms with Gasteiger partial charge in [-0.15, -0.1) is 0 Å². The highest BCUT2D eigenvalue weighted by atomic mass is 35.5. The second-order valence-electron chi connectivity index (χ2n) is 4.33. The molecule has 2 aromatic heterocycles. The van der Waals surface area contributed by atoms with E-state index >= 15 is 0 Å². The minimum Gasteiger partial charge on any atom is -0.342 e. The molecule has 0 amide bonds. The molecule has 0 saturated heterocycles. The number of pyridine rings is 1. The van der Waals surface area contributed by atoms with Gasteiger partial charge in [-0.05, 0) is 25.0 Å². The van der Waals surface area contributed by atoms with Crippen molar-refractivity contribution in [2.75, 3.05) is 0 Å². The molecule has 2 rings (SSSR count). The molecular formula is C12H15ClN2. The Morgan fingerprint density at radius 1 is 1.47 bits per heavy atom. The summed E-state index contributed by atoms with van der Waals surface area (Å²) in [5.41, 5.74) is 2.30. The molecule has 0 atom stereocenters. The van der Waals surface area contributed by atoms with Gasteiger partial charge in [0.25, 0.3) is 0 Å². The highest BCUT2D eigenvalue weighted by Gasteiger charge is 2.10. The first kappa shape index (κ1) is 10.5. The molecule has 3 heteroatoms. The van der Waals surface area contributed by atoms with Gasteiger partial charge in [0.1, 0.15) is 0 Å². The Morgan fingerprint density at radius 3 is 2.87 bits per heavy atom. The molecule has 0 aliphatic heterocycles. The lowest BCUT2D eigenvalue weighted by Gasteiger charge is -2.11. The lowest BCUT2D eigenvalue weighted by Crippen LogP contribution is -2.06. The standard InChI is InChI=1S/C12H15ClN2/c1-8(2)7-15-9(3)6-10-4-5-14-12(13)11(10)15/h4-6,8H,7H2,1-3H3. The van der Waals surface area contributed by atoms with E-state index in [0.717, 1.165) is 12.1 Å². The molecule has 2 heterocycles. The summed E-state index contributed by atoms with van der Waals surface area (Å²) in [5.74, 6) is 0.607. The first-order chi connectivity index (χ1) is 7.09. The van der Waals surface area contributed by atoms with Crippen molar-refractivity contribution in [3.05, 3.63) is 29.2 Å². The number of nitrogens with zero attached hydrogens (tertiary/aromatic N) is 2. The molecule has 15 heavy (non-hydrogen) atoms.